The Morgan fingerprint density at radius 3 is 2.48 bits per heavy atom. The van der Waals surface area contributed by atoms with Crippen LogP contribution in [0.3, 0.4) is 0 Å². The van der Waals surface area contributed by atoms with Crippen LogP contribution in [0.4, 0.5) is 15.9 Å². The third kappa shape index (κ3) is 5.41. The molecule has 150 valence electrons. The molecule has 0 aliphatic carbocycles. The molecule has 0 aliphatic heterocycles. The fourth-order valence-electron chi connectivity index (χ4n) is 2.62. The third-order valence-corrected chi connectivity index (χ3v) is 4.17. The second-order valence-electron chi connectivity index (χ2n) is 6.11. The van der Waals surface area contributed by atoms with Crippen LogP contribution in [0.5, 0.6) is 11.5 Å². The van der Waals surface area contributed by atoms with E-state index in [0.717, 1.165) is 5.56 Å². The van der Waals surface area contributed by atoms with Crippen LogP contribution in [0.25, 0.3) is 0 Å². The number of hydrogen-bond donors (Lipinski definition) is 2. The molecule has 2 aromatic carbocycles. The fraction of sp³-hybridized carbons (Fsp3) is 0.190. The SMILES string of the molecule is COc1ccc(OC)c(NC(=O)c2cnc(NCCc3ccc(F)cc3)cn2)c1. The van der Waals surface area contributed by atoms with Gasteiger partial charge in [-0.2, -0.15) is 0 Å². The van der Waals surface area contributed by atoms with Gasteiger partial charge in [0.1, 0.15) is 28.8 Å². The molecule has 3 aromatic rings. The molecule has 0 unspecified atom stereocenters. The summed E-state index contributed by atoms with van der Waals surface area (Å²) in [6, 6.07) is 11.4. The molecule has 0 saturated heterocycles. The topological polar surface area (TPSA) is 85.4 Å². The summed E-state index contributed by atoms with van der Waals surface area (Å²) in [5, 5.41) is 5.86. The Kier molecular flexibility index (Phi) is 6.57. The number of carbonyl (C=O) groups excluding carboxylic acids is 1. The number of benzene rings is 2. The number of carbonyl (C=O) groups is 1. The second-order valence-corrected chi connectivity index (χ2v) is 6.11. The van der Waals surface area contributed by atoms with Gasteiger partial charge < -0.3 is 20.1 Å². The van der Waals surface area contributed by atoms with Gasteiger partial charge in [0, 0.05) is 12.6 Å². The maximum atomic E-state index is 12.9. The molecule has 3 rings (SSSR count). The van der Waals surface area contributed by atoms with Crippen molar-refractivity contribution in [2.75, 3.05) is 31.4 Å². The third-order valence-electron chi connectivity index (χ3n) is 4.17. The van der Waals surface area contributed by atoms with Crippen molar-refractivity contribution in [3.05, 3.63) is 71.9 Å². The number of amides is 1. The first-order chi connectivity index (χ1) is 14.1. The highest BCUT2D eigenvalue weighted by Crippen LogP contribution is 2.29. The van der Waals surface area contributed by atoms with Crippen LogP contribution in [0.1, 0.15) is 16.1 Å². The Bertz CT molecular complexity index is 963. The normalized spacial score (nSPS) is 10.3. The predicted molar refractivity (Wildman–Crippen MR) is 108 cm³/mol. The molecule has 8 heteroatoms. The van der Waals surface area contributed by atoms with Gasteiger partial charge in [0.2, 0.25) is 0 Å². The molecule has 0 radical (unpaired) electrons. The van der Waals surface area contributed by atoms with E-state index in [1.54, 1.807) is 37.4 Å². The van der Waals surface area contributed by atoms with Crippen molar-refractivity contribution in [1.82, 2.24) is 9.97 Å². The standard InChI is InChI=1S/C21H21FN4O3/c1-28-16-7-8-19(29-2)17(11-16)26-21(27)18-12-25-20(13-24-18)23-10-9-14-3-5-15(22)6-4-14/h3-8,11-13H,9-10H2,1-2H3,(H,23,25)(H,26,27). The van der Waals surface area contributed by atoms with Gasteiger partial charge in [-0.05, 0) is 36.2 Å². The molecule has 0 saturated carbocycles. The van der Waals surface area contributed by atoms with Crippen molar-refractivity contribution in [3.63, 3.8) is 0 Å². The Labute approximate surface area is 167 Å². The minimum Gasteiger partial charge on any atom is -0.497 e. The molecular formula is C21H21FN4O3. The quantitative estimate of drug-likeness (QED) is 0.606. The van der Waals surface area contributed by atoms with Crippen LogP contribution in [-0.2, 0) is 6.42 Å². The number of aromatic nitrogens is 2. The summed E-state index contributed by atoms with van der Waals surface area (Å²) < 4.78 is 23.3. The first kappa shape index (κ1) is 20.1. The second kappa shape index (κ2) is 9.50. The summed E-state index contributed by atoms with van der Waals surface area (Å²) in [4.78, 5) is 20.8. The molecule has 0 fully saturated rings. The van der Waals surface area contributed by atoms with Gasteiger partial charge in [0.15, 0.2) is 0 Å². The highest BCUT2D eigenvalue weighted by molar-refractivity contribution is 6.03. The number of anilines is 2. The Balaban J connectivity index is 1.58. The van der Waals surface area contributed by atoms with E-state index in [4.69, 9.17) is 9.47 Å². The summed E-state index contributed by atoms with van der Waals surface area (Å²) in [6.07, 6.45) is 3.59. The molecule has 0 aliphatic rings. The van der Waals surface area contributed by atoms with Gasteiger partial charge in [0.05, 0.1) is 32.3 Å². The molecule has 7 nitrogen and oxygen atoms in total. The van der Waals surface area contributed by atoms with Gasteiger partial charge >= 0.3 is 0 Å². The van der Waals surface area contributed by atoms with Crippen LogP contribution in [0.15, 0.2) is 54.9 Å². The summed E-state index contributed by atoms with van der Waals surface area (Å²) in [5.41, 5.74) is 1.65. The molecule has 0 spiro atoms. The first-order valence-corrected chi connectivity index (χ1v) is 8.93. The van der Waals surface area contributed by atoms with Crippen molar-refractivity contribution in [2.24, 2.45) is 0 Å². The van der Waals surface area contributed by atoms with Gasteiger partial charge in [-0.1, -0.05) is 12.1 Å². The molecule has 0 bridgehead atoms. The van der Waals surface area contributed by atoms with E-state index < -0.39 is 5.91 Å². The average Bonchev–Trinajstić information content (AvgIpc) is 2.75. The van der Waals surface area contributed by atoms with Crippen LogP contribution >= 0.6 is 0 Å². The Morgan fingerprint density at radius 1 is 1.03 bits per heavy atom. The first-order valence-electron chi connectivity index (χ1n) is 8.93. The van der Waals surface area contributed by atoms with E-state index in [0.29, 0.717) is 36.0 Å². The zero-order chi connectivity index (χ0) is 20.6. The lowest BCUT2D eigenvalue weighted by atomic mass is 10.1. The molecular weight excluding hydrogens is 375 g/mol. The molecule has 2 N–H and O–H groups in total. The highest BCUT2D eigenvalue weighted by atomic mass is 19.1. The lowest BCUT2D eigenvalue weighted by Gasteiger charge is -2.11. The van der Waals surface area contributed by atoms with E-state index in [9.17, 15) is 9.18 Å². The van der Waals surface area contributed by atoms with Crippen molar-refractivity contribution < 1.29 is 18.7 Å². The van der Waals surface area contributed by atoms with E-state index in [2.05, 4.69) is 20.6 Å². The molecule has 1 amide bonds. The largest absolute Gasteiger partial charge is 0.497 e. The summed E-state index contributed by atoms with van der Waals surface area (Å²) in [7, 11) is 3.06. The van der Waals surface area contributed by atoms with Gasteiger partial charge in [-0.15, -0.1) is 0 Å². The zero-order valence-corrected chi connectivity index (χ0v) is 16.1. The minimum absolute atomic E-state index is 0.166. The summed E-state index contributed by atoms with van der Waals surface area (Å²) in [5.74, 6) is 0.969. The number of halogens is 1. The van der Waals surface area contributed by atoms with Crippen molar-refractivity contribution in [1.29, 1.82) is 0 Å². The lowest BCUT2D eigenvalue weighted by Crippen LogP contribution is -2.15. The maximum absolute atomic E-state index is 12.9. The van der Waals surface area contributed by atoms with Crippen LogP contribution < -0.4 is 20.1 Å². The smallest absolute Gasteiger partial charge is 0.275 e. The van der Waals surface area contributed by atoms with Crippen LogP contribution in [0.2, 0.25) is 0 Å². The highest BCUT2D eigenvalue weighted by Gasteiger charge is 2.12. The van der Waals surface area contributed by atoms with Crippen LogP contribution in [-0.4, -0.2) is 36.6 Å². The lowest BCUT2D eigenvalue weighted by molar-refractivity contribution is 0.102. The number of hydrogen-bond acceptors (Lipinski definition) is 6. The van der Waals surface area contributed by atoms with Gasteiger partial charge in [-0.25, -0.2) is 14.4 Å². The molecule has 0 atom stereocenters. The van der Waals surface area contributed by atoms with E-state index in [1.807, 2.05) is 0 Å². The van der Waals surface area contributed by atoms with Gasteiger partial charge in [-0.3, -0.25) is 4.79 Å². The molecule has 1 heterocycles. The maximum Gasteiger partial charge on any atom is 0.275 e. The molecule has 1 aromatic heterocycles. The van der Waals surface area contributed by atoms with Crippen molar-refractivity contribution in [3.8, 4) is 11.5 Å². The number of nitrogens with zero attached hydrogens (tertiary/aromatic N) is 2. The molecule has 29 heavy (non-hydrogen) atoms. The minimum atomic E-state index is -0.415. The Hall–Kier alpha value is -3.68. The number of methoxy groups -OCH3 is 2. The summed E-state index contributed by atoms with van der Waals surface area (Å²) in [6.45, 7) is 0.604. The fourth-order valence-corrected chi connectivity index (χ4v) is 2.62. The number of ether oxygens (including phenoxy) is 2. The van der Waals surface area contributed by atoms with Crippen molar-refractivity contribution >= 4 is 17.4 Å². The van der Waals surface area contributed by atoms with E-state index in [-0.39, 0.29) is 11.5 Å². The Morgan fingerprint density at radius 2 is 1.83 bits per heavy atom. The zero-order valence-electron chi connectivity index (χ0n) is 16.1. The van der Waals surface area contributed by atoms with Gasteiger partial charge in [0.25, 0.3) is 5.91 Å². The number of nitrogens with one attached hydrogen (secondary N) is 2. The number of rotatable bonds is 8. The van der Waals surface area contributed by atoms with E-state index in [1.165, 1.54) is 31.6 Å². The average molecular weight is 396 g/mol. The summed E-state index contributed by atoms with van der Waals surface area (Å²) >= 11 is 0. The van der Waals surface area contributed by atoms with Crippen molar-refractivity contribution in [2.45, 2.75) is 6.42 Å². The monoisotopic (exact) mass is 396 g/mol. The predicted octanol–water partition coefficient (Wildman–Crippen LogP) is 3.54. The van der Waals surface area contributed by atoms with E-state index >= 15 is 0 Å². The van der Waals surface area contributed by atoms with Crippen LogP contribution in [0, 0.1) is 5.82 Å².